The third kappa shape index (κ3) is 3.92. The van der Waals surface area contributed by atoms with Gasteiger partial charge in [-0.05, 0) is 24.1 Å². The second-order valence-electron chi connectivity index (χ2n) is 5.74. The van der Waals surface area contributed by atoms with E-state index in [9.17, 15) is 4.79 Å². The molecule has 8 heteroatoms. The smallest absolute Gasteiger partial charge is 0.276 e. The molecule has 1 amide bonds. The van der Waals surface area contributed by atoms with Crippen LogP contribution in [0.1, 0.15) is 41.0 Å². The minimum atomic E-state index is -0.275. The summed E-state index contributed by atoms with van der Waals surface area (Å²) < 4.78 is 6.67. The summed E-state index contributed by atoms with van der Waals surface area (Å²) in [6.07, 6.45) is 0. The van der Waals surface area contributed by atoms with Crippen LogP contribution in [0.25, 0.3) is 5.69 Å². The zero-order chi connectivity index (χ0) is 17.8. The topological polar surface area (TPSA) is 81.9 Å². The van der Waals surface area contributed by atoms with Gasteiger partial charge in [-0.3, -0.25) is 10.1 Å². The lowest BCUT2D eigenvalue weighted by Gasteiger charge is -2.06. The lowest BCUT2D eigenvalue weighted by Crippen LogP contribution is -2.16. The summed E-state index contributed by atoms with van der Waals surface area (Å²) >= 11 is 1.29. The van der Waals surface area contributed by atoms with Crippen molar-refractivity contribution in [3.8, 4) is 5.69 Å². The number of para-hydroxylation sites is 1. The molecule has 0 aliphatic rings. The number of methoxy groups -OCH3 is 1. The second-order valence-corrected chi connectivity index (χ2v) is 6.81. The van der Waals surface area contributed by atoms with Crippen LogP contribution in [0.2, 0.25) is 0 Å². The Kier molecular flexibility index (Phi) is 5.20. The first kappa shape index (κ1) is 17.2. The third-order valence-electron chi connectivity index (χ3n) is 3.51. The normalized spacial score (nSPS) is 11.0. The van der Waals surface area contributed by atoms with Crippen LogP contribution >= 0.6 is 11.3 Å². The van der Waals surface area contributed by atoms with Gasteiger partial charge in [-0.15, -0.1) is 10.2 Å². The van der Waals surface area contributed by atoms with Gasteiger partial charge in [0.15, 0.2) is 0 Å². The number of carbonyl (C=O) groups excluding carboxylic acids is 1. The number of nitrogens with zero attached hydrogens (tertiary/aromatic N) is 4. The molecule has 0 saturated heterocycles. The van der Waals surface area contributed by atoms with E-state index in [1.807, 2.05) is 50.2 Å². The van der Waals surface area contributed by atoms with Crippen LogP contribution in [0.3, 0.4) is 0 Å². The summed E-state index contributed by atoms with van der Waals surface area (Å²) in [6.45, 7) is 4.45. The lowest BCUT2D eigenvalue weighted by atomic mass is 10.1. The fourth-order valence-electron chi connectivity index (χ4n) is 2.26. The first-order valence-corrected chi connectivity index (χ1v) is 8.68. The molecule has 0 atom stereocenters. The standard InChI is InChI=1S/C17H19N5O2S/c1-11(2)13-9-14(22(21-13)12-7-5-4-6-8-12)16(23)18-17-20-19-15(25-17)10-24-3/h4-9,11H,10H2,1-3H3,(H,18,20,23). The predicted octanol–water partition coefficient (Wildman–Crippen LogP) is 3.25. The maximum Gasteiger partial charge on any atom is 0.276 e. The van der Waals surface area contributed by atoms with Crippen molar-refractivity contribution in [3.05, 3.63) is 52.8 Å². The zero-order valence-corrected chi connectivity index (χ0v) is 15.1. The highest BCUT2D eigenvalue weighted by Gasteiger charge is 2.19. The summed E-state index contributed by atoms with van der Waals surface area (Å²) in [7, 11) is 1.59. The van der Waals surface area contributed by atoms with Gasteiger partial charge in [-0.25, -0.2) is 4.68 Å². The molecular formula is C17H19N5O2S. The average Bonchev–Trinajstić information content (AvgIpc) is 3.23. The van der Waals surface area contributed by atoms with E-state index >= 15 is 0 Å². The van der Waals surface area contributed by atoms with E-state index in [2.05, 4.69) is 20.6 Å². The summed E-state index contributed by atoms with van der Waals surface area (Å²) in [4.78, 5) is 12.7. The SMILES string of the molecule is COCc1nnc(NC(=O)c2cc(C(C)C)nn2-c2ccccc2)s1. The molecule has 2 aromatic heterocycles. The second kappa shape index (κ2) is 7.54. The Morgan fingerprint density at radius 1 is 1.28 bits per heavy atom. The Morgan fingerprint density at radius 3 is 2.72 bits per heavy atom. The number of nitrogens with one attached hydrogen (secondary N) is 1. The van der Waals surface area contributed by atoms with E-state index in [0.29, 0.717) is 22.4 Å². The van der Waals surface area contributed by atoms with E-state index < -0.39 is 0 Å². The molecule has 0 fully saturated rings. The van der Waals surface area contributed by atoms with E-state index in [0.717, 1.165) is 11.4 Å². The van der Waals surface area contributed by atoms with Gasteiger partial charge in [0.05, 0.1) is 11.4 Å². The van der Waals surface area contributed by atoms with Crippen LogP contribution in [0.4, 0.5) is 5.13 Å². The van der Waals surface area contributed by atoms with Crippen LogP contribution in [-0.4, -0.2) is 33.0 Å². The molecule has 1 aromatic carbocycles. The molecule has 0 aliphatic carbocycles. The van der Waals surface area contributed by atoms with Gasteiger partial charge >= 0.3 is 0 Å². The number of ether oxygens (including phenoxy) is 1. The summed E-state index contributed by atoms with van der Waals surface area (Å²) in [5.74, 6) is -0.0604. The number of anilines is 1. The maximum absolute atomic E-state index is 12.7. The Labute approximate surface area is 149 Å². The van der Waals surface area contributed by atoms with Crippen molar-refractivity contribution in [2.75, 3.05) is 12.4 Å². The molecular weight excluding hydrogens is 338 g/mol. The Hall–Kier alpha value is -2.58. The molecule has 0 radical (unpaired) electrons. The van der Waals surface area contributed by atoms with Crippen LogP contribution in [0.5, 0.6) is 0 Å². The number of hydrogen-bond acceptors (Lipinski definition) is 6. The summed E-state index contributed by atoms with van der Waals surface area (Å²) in [6, 6.07) is 11.4. The number of hydrogen-bond donors (Lipinski definition) is 1. The molecule has 0 unspecified atom stereocenters. The van der Waals surface area contributed by atoms with Gasteiger partial charge in [0.2, 0.25) is 5.13 Å². The molecule has 3 rings (SSSR count). The molecule has 0 aliphatic heterocycles. The summed E-state index contributed by atoms with van der Waals surface area (Å²) in [5.41, 5.74) is 2.14. The Morgan fingerprint density at radius 2 is 2.04 bits per heavy atom. The van der Waals surface area contributed by atoms with Gasteiger partial charge in [-0.1, -0.05) is 43.4 Å². The van der Waals surface area contributed by atoms with Crippen molar-refractivity contribution in [2.45, 2.75) is 26.4 Å². The highest BCUT2D eigenvalue weighted by atomic mass is 32.1. The van der Waals surface area contributed by atoms with Gasteiger partial charge in [0, 0.05) is 7.11 Å². The van der Waals surface area contributed by atoms with Gasteiger partial charge in [0.25, 0.3) is 5.91 Å². The van der Waals surface area contributed by atoms with Gasteiger partial charge in [0.1, 0.15) is 17.3 Å². The number of aromatic nitrogens is 4. The molecule has 3 aromatic rings. The van der Waals surface area contributed by atoms with Gasteiger partial charge < -0.3 is 4.74 Å². The van der Waals surface area contributed by atoms with Gasteiger partial charge in [-0.2, -0.15) is 5.10 Å². The fraction of sp³-hybridized carbons (Fsp3) is 0.294. The largest absolute Gasteiger partial charge is 0.377 e. The van der Waals surface area contributed by atoms with Crippen molar-refractivity contribution in [3.63, 3.8) is 0 Å². The number of benzene rings is 1. The quantitative estimate of drug-likeness (QED) is 0.732. The molecule has 1 N–H and O–H groups in total. The van der Waals surface area contributed by atoms with E-state index in [1.54, 1.807) is 11.8 Å². The molecule has 7 nitrogen and oxygen atoms in total. The van der Waals surface area contributed by atoms with E-state index in [1.165, 1.54) is 11.3 Å². The van der Waals surface area contributed by atoms with Crippen LogP contribution in [0.15, 0.2) is 36.4 Å². The van der Waals surface area contributed by atoms with E-state index in [4.69, 9.17) is 4.74 Å². The van der Waals surface area contributed by atoms with Crippen molar-refractivity contribution >= 4 is 22.4 Å². The van der Waals surface area contributed by atoms with E-state index in [-0.39, 0.29) is 11.8 Å². The molecule has 130 valence electrons. The van der Waals surface area contributed by atoms with Crippen molar-refractivity contribution in [1.82, 2.24) is 20.0 Å². The number of rotatable bonds is 6. The van der Waals surface area contributed by atoms with Crippen molar-refractivity contribution in [1.29, 1.82) is 0 Å². The molecule has 25 heavy (non-hydrogen) atoms. The number of carbonyl (C=O) groups is 1. The minimum Gasteiger partial charge on any atom is -0.377 e. The van der Waals surface area contributed by atoms with Crippen molar-refractivity contribution < 1.29 is 9.53 Å². The van der Waals surface area contributed by atoms with Crippen LogP contribution in [-0.2, 0) is 11.3 Å². The summed E-state index contributed by atoms with van der Waals surface area (Å²) in [5, 5.41) is 16.5. The Bertz CT molecular complexity index is 857. The predicted molar refractivity (Wildman–Crippen MR) is 96.2 cm³/mol. The first-order valence-electron chi connectivity index (χ1n) is 7.86. The van der Waals surface area contributed by atoms with Crippen molar-refractivity contribution in [2.24, 2.45) is 0 Å². The Balaban J connectivity index is 1.90. The number of amides is 1. The van der Waals surface area contributed by atoms with Crippen LogP contribution < -0.4 is 5.32 Å². The highest BCUT2D eigenvalue weighted by Crippen LogP contribution is 2.21. The maximum atomic E-state index is 12.7. The molecule has 0 spiro atoms. The zero-order valence-electron chi connectivity index (χ0n) is 14.3. The fourth-order valence-corrected chi connectivity index (χ4v) is 2.96. The molecule has 0 bridgehead atoms. The van der Waals surface area contributed by atoms with Crippen LogP contribution in [0, 0.1) is 0 Å². The molecule has 0 saturated carbocycles. The lowest BCUT2D eigenvalue weighted by molar-refractivity contribution is 0.101. The third-order valence-corrected chi connectivity index (χ3v) is 4.32. The monoisotopic (exact) mass is 357 g/mol. The minimum absolute atomic E-state index is 0.214. The molecule has 2 heterocycles. The average molecular weight is 357 g/mol. The highest BCUT2D eigenvalue weighted by molar-refractivity contribution is 7.15. The first-order chi connectivity index (χ1) is 12.1.